The summed E-state index contributed by atoms with van der Waals surface area (Å²) in [6.45, 7) is 3.80. The number of non-ortho nitro benzene ring substituents is 1. The number of rotatable bonds is 6. The number of aromatic nitrogens is 3. The molecule has 0 N–H and O–H groups in total. The molecule has 0 bridgehead atoms. The largest absolute Gasteiger partial charge is 0.278 e. The SMILES string of the molecule is Cc1ccc(-n2c(SCc3cccc([N+](=O)[O-])c3)nc3c(sc(=S)n3-c3cc(C)ccc3F)c2=O)cc1. The third-order valence-corrected chi connectivity index (χ3v) is 8.06. The standard InChI is InChI=1S/C26H19FN4O3S3/c1-15-6-9-18(10-7-15)29-24(32)22-23(30(26(35)37-22)21-12-16(2)8-11-20(21)27)28-25(29)36-14-17-4-3-5-19(13-17)31(33)34/h3-13H,14H2,1-2H3. The van der Waals surface area contributed by atoms with Gasteiger partial charge in [-0.25, -0.2) is 9.37 Å². The molecule has 7 nitrogen and oxygen atoms in total. The van der Waals surface area contributed by atoms with Crippen LogP contribution in [0.5, 0.6) is 0 Å². The second kappa shape index (κ2) is 10.0. The Kier molecular flexibility index (Phi) is 6.76. The monoisotopic (exact) mass is 550 g/mol. The van der Waals surface area contributed by atoms with Crippen LogP contribution in [-0.2, 0) is 5.75 Å². The summed E-state index contributed by atoms with van der Waals surface area (Å²) in [6.07, 6.45) is 0. The number of hydrogen-bond acceptors (Lipinski definition) is 7. The van der Waals surface area contributed by atoms with E-state index in [9.17, 15) is 19.3 Å². The maximum Gasteiger partial charge on any atom is 0.278 e. The quantitative estimate of drug-likeness (QED) is 0.0750. The van der Waals surface area contributed by atoms with Gasteiger partial charge in [0.15, 0.2) is 14.8 Å². The third-order valence-electron chi connectivity index (χ3n) is 5.70. The van der Waals surface area contributed by atoms with Crippen LogP contribution in [0.3, 0.4) is 0 Å². The Labute approximate surface area is 224 Å². The molecule has 5 aromatic rings. The first-order chi connectivity index (χ1) is 17.7. The van der Waals surface area contributed by atoms with Gasteiger partial charge in [-0.05, 0) is 61.5 Å². The smallest absolute Gasteiger partial charge is 0.272 e. The number of aryl methyl sites for hydroxylation is 2. The van der Waals surface area contributed by atoms with Crippen LogP contribution >= 0.6 is 35.3 Å². The van der Waals surface area contributed by atoms with E-state index in [1.165, 1.54) is 39.1 Å². The molecule has 37 heavy (non-hydrogen) atoms. The van der Waals surface area contributed by atoms with Gasteiger partial charge in [-0.15, -0.1) is 0 Å². The first-order valence-corrected chi connectivity index (χ1v) is 13.3. The zero-order valence-corrected chi connectivity index (χ0v) is 22.1. The van der Waals surface area contributed by atoms with E-state index in [1.54, 1.807) is 24.3 Å². The minimum absolute atomic E-state index is 0.0150. The van der Waals surface area contributed by atoms with Crippen molar-refractivity contribution in [1.29, 1.82) is 0 Å². The van der Waals surface area contributed by atoms with Crippen LogP contribution in [0.4, 0.5) is 10.1 Å². The molecule has 0 fully saturated rings. The van der Waals surface area contributed by atoms with E-state index in [4.69, 9.17) is 17.2 Å². The summed E-state index contributed by atoms with van der Waals surface area (Å²) in [7, 11) is 0. The Balaban J connectivity index is 1.72. The Bertz CT molecular complexity index is 1790. The molecule has 11 heteroatoms. The number of fused-ring (bicyclic) bond motifs is 1. The van der Waals surface area contributed by atoms with Crippen LogP contribution in [0, 0.1) is 33.7 Å². The van der Waals surface area contributed by atoms with E-state index >= 15 is 0 Å². The van der Waals surface area contributed by atoms with Gasteiger partial charge >= 0.3 is 0 Å². The van der Waals surface area contributed by atoms with E-state index < -0.39 is 10.7 Å². The fourth-order valence-corrected chi connectivity index (χ4v) is 6.10. The summed E-state index contributed by atoms with van der Waals surface area (Å²) in [4.78, 5) is 29.4. The first-order valence-electron chi connectivity index (χ1n) is 11.1. The molecule has 0 aliphatic heterocycles. The fraction of sp³-hybridized carbons (Fsp3) is 0.115. The van der Waals surface area contributed by atoms with Gasteiger partial charge in [0.1, 0.15) is 10.5 Å². The zero-order chi connectivity index (χ0) is 26.3. The summed E-state index contributed by atoms with van der Waals surface area (Å²) in [5, 5.41) is 11.6. The van der Waals surface area contributed by atoms with Gasteiger partial charge in [-0.2, -0.15) is 0 Å². The van der Waals surface area contributed by atoms with Crippen LogP contribution < -0.4 is 5.56 Å². The zero-order valence-electron chi connectivity index (χ0n) is 19.7. The number of thiazole rings is 1. The van der Waals surface area contributed by atoms with E-state index in [1.807, 2.05) is 38.1 Å². The van der Waals surface area contributed by atoms with Crippen LogP contribution in [0.25, 0.3) is 21.7 Å². The average molecular weight is 551 g/mol. The highest BCUT2D eigenvalue weighted by molar-refractivity contribution is 7.98. The predicted octanol–water partition coefficient (Wildman–Crippen LogP) is 6.92. The molecule has 0 aliphatic rings. The molecule has 0 unspecified atom stereocenters. The van der Waals surface area contributed by atoms with Crippen LogP contribution in [-0.4, -0.2) is 19.0 Å². The molecule has 2 aromatic heterocycles. The number of hydrogen-bond donors (Lipinski definition) is 0. The summed E-state index contributed by atoms with van der Waals surface area (Å²) < 4.78 is 18.5. The maximum atomic E-state index is 14.9. The Morgan fingerprint density at radius 1 is 1.05 bits per heavy atom. The van der Waals surface area contributed by atoms with Gasteiger partial charge in [-0.1, -0.05) is 59.0 Å². The van der Waals surface area contributed by atoms with Crippen molar-refractivity contribution in [3.63, 3.8) is 0 Å². The Hall–Kier alpha value is -3.67. The van der Waals surface area contributed by atoms with Crippen molar-refractivity contribution < 1.29 is 9.31 Å². The van der Waals surface area contributed by atoms with Crippen molar-refractivity contribution in [3.05, 3.63) is 114 Å². The lowest BCUT2D eigenvalue weighted by molar-refractivity contribution is -0.384. The first kappa shape index (κ1) is 25.0. The van der Waals surface area contributed by atoms with Crippen molar-refractivity contribution in [3.8, 4) is 11.4 Å². The van der Waals surface area contributed by atoms with Gasteiger partial charge in [0.05, 0.1) is 16.3 Å². The fourth-order valence-electron chi connectivity index (χ4n) is 3.87. The van der Waals surface area contributed by atoms with Gasteiger partial charge < -0.3 is 0 Å². The minimum atomic E-state index is -0.475. The van der Waals surface area contributed by atoms with Crippen LogP contribution in [0.2, 0.25) is 0 Å². The average Bonchev–Trinajstić information content (AvgIpc) is 3.21. The molecule has 5 rings (SSSR count). The second-order valence-corrected chi connectivity index (χ2v) is 11.0. The molecule has 0 saturated carbocycles. The molecule has 0 atom stereocenters. The maximum absolute atomic E-state index is 14.9. The Morgan fingerprint density at radius 3 is 2.51 bits per heavy atom. The summed E-state index contributed by atoms with van der Waals surface area (Å²) in [6, 6.07) is 18.5. The molecule has 0 radical (unpaired) electrons. The number of nitro benzene ring substituents is 1. The molecular formula is C26H19FN4O3S3. The number of halogens is 1. The minimum Gasteiger partial charge on any atom is -0.272 e. The highest BCUT2D eigenvalue weighted by Crippen LogP contribution is 2.30. The molecule has 2 heterocycles. The molecule has 0 spiro atoms. The lowest BCUT2D eigenvalue weighted by Gasteiger charge is -2.13. The molecule has 0 aliphatic carbocycles. The predicted molar refractivity (Wildman–Crippen MR) is 147 cm³/mol. The summed E-state index contributed by atoms with van der Waals surface area (Å²) in [5.41, 5.74) is 3.37. The summed E-state index contributed by atoms with van der Waals surface area (Å²) in [5.74, 6) is -0.147. The van der Waals surface area contributed by atoms with E-state index in [2.05, 4.69) is 0 Å². The summed E-state index contributed by atoms with van der Waals surface area (Å²) >= 11 is 7.90. The van der Waals surface area contributed by atoms with Crippen molar-refractivity contribution in [1.82, 2.24) is 14.1 Å². The van der Waals surface area contributed by atoms with Crippen molar-refractivity contribution >= 4 is 51.4 Å². The lowest BCUT2D eigenvalue weighted by Crippen LogP contribution is -2.21. The molecule has 0 amide bonds. The third kappa shape index (κ3) is 4.85. The van der Waals surface area contributed by atoms with E-state index in [-0.39, 0.29) is 22.6 Å². The van der Waals surface area contributed by atoms with E-state index in [0.717, 1.165) is 22.5 Å². The number of thioether (sulfide) groups is 1. The molecule has 186 valence electrons. The van der Waals surface area contributed by atoms with Crippen molar-refractivity contribution in [2.45, 2.75) is 24.8 Å². The highest BCUT2D eigenvalue weighted by atomic mass is 32.2. The van der Waals surface area contributed by atoms with Crippen LogP contribution in [0.1, 0.15) is 16.7 Å². The molecule has 0 saturated heterocycles. The molecular weight excluding hydrogens is 532 g/mol. The normalized spacial score (nSPS) is 11.2. The van der Waals surface area contributed by atoms with Gasteiger partial charge in [0, 0.05) is 17.9 Å². The van der Waals surface area contributed by atoms with E-state index in [0.29, 0.717) is 30.8 Å². The van der Waals surface area contributed by atoms with Crippen molar-refractivity contribution in [2.75, 3.05) is 0 Å². The topological polar surface area (TPSA) is 83.0 Å². The molecule has 3 aromatic carbocycles. The lowest BCUT2D eigenvalue weighted by atomic mass is 10.2. The second-order valence-electron chi connectivity index (χ2n) is 8.40. The number of benzene rings is 3. The van der Waals surface area contributed by atoms with Crippen LogP contribution in [0.15, 0.2) is 76.7 Å². The van der Waals surface area contributed by atoms with Gasteiger partial charge in [-0.3, -0.25) is 24.0 Å². The Morgan fingerprint density at radius 2 is 1.78 bits per heavy atom. The number of nitro groups is 1. The van der Waals surface area contributed by atoms with Gasteiger partial charge in [0.25, 0.3) is 11.2 Å². The highest BCUT2D eigenvalue weighted by Gasteiger charge is 2.21. The number of nitrogens with zero attached hydrogens (tertiary/aromatic N) is 4. The van der Waals surface area contributed by atoms with Crippen molar-refractivity contribution in [2.24, 2.45) is 0 Å². The van der Waals surface area contributed by atoms with Gasteiger partial charge in [0.2, 0.25) is 0 Å².